The molecule has 5 nitrogen and oxygen atoms in total. The summed E-state index contributed by atoms with van der Waals surface area (Å²) >= 11 is 0. The maximum atomic E-state index is 13.1. The molecular formula is C23H28N2O3. The Bertz CT molecular complexity index is 799. The minimum absolute atomic E-state index is 0.0147. The fourth-order valence-corrected chi connectivity index (χ4v) is 3.70. The molecule has 0 aromatic heterocycles. The second-order valence-corrected chi connectivity index (χ2v) is 7.10. The number of rotatable bonds is 6. The third-order valence-corrected chi connectivity index (χ3v) is 5.27. The molecule has 1 aliphatic rings. The number of amides is 2. The van der Waals surface area contributed by atoms with Crippen molar-refractivity contribution in [2.24, 2.45) is 0 Å². The number of ether oxygens (including phenoxy) is 1. The molecule has 1 saturated heterocycles. The molecule has 0 N–H and O–H groups in total. The van der Waals surface area contributed by atoms with Gasteiger partial charge in [0.15, 0.2) is 0 Å². The molecule has 1 fully saturated rings. The van der Waals surface area contributed by atoms with Crippen molar-refractivity contribution in [3.05, 3.63) is 65.7 Å². The van der Waals surface area contributed by atoms with Gasteiger partial charge in [-0.05, 0) is 30.2 Å². The third kappa shape index (κ3) is 4.53. The minimum atomic E-state index is -0.105. The van der Waals surface area contributed by atoms with Crippen LogP contribution in [0.15, 0.2) is 54.6 Å². The Labute approximate surface area is 166 Å². The van der Waals surface area contributed by atoms with Crippen molar-refractivity contribution in [3.8, 4) is 5.75 Å². The van der Waals surface area contributed by atoms with E-state index >= 15 is 0 Å². The fraction of sp³-hybridized carbons (Fsp3) is 0.391. The first kappa shape index (κ1) is 19.9. The Hall–Kier alpha value is -2.82. The van der Waals surface area contributed by atoms with E-state index in [1.165, 1.54) is 0 Å². The van der Waals surface area contributed by atoms with Gasteiger partial charge >= 0.3 is 0 Å². The summed E-state index contributed by atoms with van der Waals surface area (Å²) in [5, 5.41) is 0. The Morgan fingerprint density at radius 3 is 2.29 bits per heavy atom. The number of carbonyl (C=O) groups excluding carboxylic acids is 2. The summed E-state index contributed by atoms with van der Waals surface area (Å²) in [6, 6.07) is 17.2. The first-order valence-electron chi connectivity index (χ1n) is 9.91. The molecule has 2 aromatic carbocycles. The molecule has 1 aliphatic heterocycles. The summed E-state index contributed by atoms with van der Waals surface area (Å²) in [5.41, 5.74) is 1.69. The zero-order valence-electron chi connectivity index (χ0n) is 16.6. The third-order valence-electron chi connectivity index (χ3n) is 5.27. The molecule has 0 saturated carbocycles. The lowest BCUT2D eigenvalue weighted by molar-refractivity contribution is -0.134. The summed E-state index contributed by atoms with van der Waals surface area (Å²) in [5.74, 6) is 0.720. The van der Waals surface area contributed by atoms with Crippen molar-refractivity contribution in [1.82, 2.24) is 9.80 Å². The Morgan fingerprint density at radius 1 is 0.964 bits per heavy atom. The van der Waals surface area contributed by atoms with Crippen molar-refractivity contribution in [3.63, 3.8) is 0 Å². The Kier molecular flexibility index (Phi) is 6.69. The van der Waals surface area contributed by atoms with Crippen LogP contribution in [-0.4, -0.2) is 54.9 Å². The van der Waals surface area contributed by atoms with Crippen molar-refractivity contribution >= 4 is 11.8 Å². The largest absolute Gasteiger partial charge is 0.497 e. The van der Waals surface area contributed by atoms with Crippen LogP contribution in [0.2, 0.25) is 0 Å². The van der Waals surface area contributed by atoms with Gasteiger partial charge in [-0.2, -0.15) is 0 Å². The highest BCUT2D eigenvalue weighted by Gasteiger charge is 2.29. The van der Waals surface area contributed by atoms with Gasteiger partial charge in [0.25, 0.3) is 5.91 Å². The normalized spacial score (nSPS) is 15.2. The van der Waals surface area contributed by atoms with E-state index in [0.717, 1.165) is 18.4 Å². The summed E-state index contributed by atoms with van der Waals surface area (Å²) in [6.45, 7) is 4.35. The predicted octanol–water partition coefficient (Wildman–Crippen LogP) is 3.56. The van der Waals surface area contributed by atoms with Crippen LogP contribution < -0.4 is 4.74 Å². The molecule has 2 aromatic rings. The zero-order chi connectivity index (χ0) is 19.9. The van der Waals surface area contributed by atoms with Crippen LogP contribution in [0.4, 0.5) is 0 Å². The summed E-state index contributed by atoms with van der Waals surface area (Å²) in [4.78, 5) is 29.6. The van der Waals surface area contributed by atoms with Crippen LogP contribution in [0, 0.1) is 0 Å². The van der Waals surface area contributed by atoms with E-state index in [-0.39, 0.29) is 17.7 Å². The number of piperazine rings is 1. The van der Waals surface area contributed by atoms with Gasteiger partial charge in [0.1, 0.15) is 5.75 Å². The SMILES string of the molecule is CCCC(C(=O)N1CCN(C(=O)c2cccc(OC)c2)CC1)c1ccccc1. The molecule has 0 spiro atoms. The van der Waals surface area contributed by atoms with Crippen LogP contribution in [0.5, 0.6) is 5.75 Å². The first-order chi connectivity index (χ1) is 13.6. The standard InChI is InChI=1S/C23H28N2O3/c1-3-8-21(18-9-5-4-6-10-18)23(27)25-15-13-24(14-16-25)22(26)19-11-7-12-20(17-19)28-2/h4-7,9-12,17,21H,3,8,13-16H2,1-2H3. The smallest absolute Gasteiger partial charge is 0.254 e. The van der Waals surface area contributed by atoms with Gasteiger partial charge in [-0.1, -0.05) is 49.7 Å². The van der Waals surface area contributed by atoms with Crippen molar-refractivity contribution < 1.29 is 14.3 Å². The van der Waals surface area contributed by atoms with Crippen LogP contribution in [0.25, 0.3) is 0 Å². The number of nitrogens with zero attached hydrogens (tertiary/aromatic N) is 2. The number of carbonyl (C=O) groups is 2. The second-order valence-electron chi connectivity index (χ2n) is 7.10. The summed E-state index contributed by atoms with van der Waals surface area (Å²) in [7, 11) is 1.59. The van der Waals surface area contributed by atoms with Gasteiger partial charge in [-0.3, -0.25) is 9.59 Å². The highest BCUT2D eigenvalue weighted by atomic mass is 16.5. The molecule has 28 heavy (non-hydrogen) atoms. The van der Waals surface area contributed by atoms with E-state index in [1.54, 1.807) is 19.2 Å². The van der Waals surface area contributed by atoms with Crippen molar-refractivity contribution in [1.29, 1.82) is 0 Å². The Morgan fingerprint density at radius 2 is 1.64 bits per heavy atom. The van der Waals surface area contributed by atoms with E-state index < -0.39 is 0 Å². The van der Waals surface area contributed by atoms with Crippen LogP contribution in [-0.2, 0) is 4.79 Å². The molecule has 1 atom stereocenters. The molecule has 5 heteroatoms. The number of hydrogen-bond donors (Lipinski definition) is 0. The van der Waals surface area contributed by atoms with E-state index in [2.05, 4.69) is 6.92 Å². The average Bonchev–Trinajstić information content (AvgIpc) is 2.77. The maximum absolute atomic E-state index is 13.1. The Balaban J connectivity index is 1.63. The zero-order valence-corrected chi connectivity index (χ0v) is 16.6. The topological polar surface area (TPSA) is 49.9 Å². The van der Waals surface area contributed by atoms with E-state index in [9.17, 15) is 9.59 Å². The summed E-state index contributed by atoms with van der Waals surface area (Å²) < 4.78 is 5.21. The van der Waals surface area contributed by atoms with Gasteiger partial charge < -0.3 is 14.5 Å². The molecule has 1 unspecified atom stereocenters. The van der Waals surface area contributed by atoms with Crippen LogP contribution in [0.1, 0.15) is 41.6 Å². The minimum Gasteiger partial charge on any atom is -0.497 e. The highest BCUT2D eigenvalue weighted by Crippen LogP contribution is 2.25. The lowest BCUT2D eigenvalue weighted by Gasteiger charge is -2.36. The van der Waals surface area contributed by atoms with Gasteiger partial charge in [0.05, 0.1) is 13.0 Å². The highest BCUT2D eigenvalue weighted by molar-refractivity contribution is 5.95. The van der Waals surface area contributed by atoms with E-state index in [4.69, 9.17) is 4.74 Å². The lowest BCUT2D eigenvalue weighted by atomic mass is 9.93. The molecule has 0 bridgehead atoms. The van der Waals surface area contributed by atoms with E-state index in [1.807, 2.05) is 52.3 Å². The van der Waals surface area contributed by atoms with E-state index in [0.29, 0.717) is 37.5 Å². The number of benzene rings is 2. The summed E-state index contributed by atoms with van der Waals surface area (Å²) in [6.07, 6.45) is 1.80. The quantitative estimate of drug-likeness (QED) is 0.770. The number of methoxy groups -OCH3 is 1. The lowest BCUT2D eigenvalue weighted by Crippen LogP contribution is -2.51. The molecule has 3 rings (SSSR count). The van der Waals surface area contributed by atoms with Gasteiger partial charge in [-0.25, -0.2) is 0 Å². The maximum Gasteiger partial charge on any atom is 0.254 e. The fourth-order valence-electron chi connectivity index (χ4n) is 3.70. The van der Waals surface area contributed by atoms with Crippen LogP contribution in [0.3, 0.4) is 0 Å². The second kappa shape index (κ2) is 9.40. The molecule has 0 aliphatic carbocycles. The predicted molar refractivity (Wildman–Crippen MR) is 110 cm³/mol. The first-order valence-corrected chi connectivity index (χ1v) is 9.91. The van der Waals surface area contributed by atoms with Gasteiger partial charge in [0, 0.05) is 31.7 Å². The molecular weight excluding hydrogens is 352 g/mol. The van der Waals surface area contributed by atoms with Crippen molar-refractivity contribution in [2.75, 3.05) is 33.3 Å². The molecule has 2 amide bonds. The number of hydrogen-bond acceptors (Lipinski definition) is 3. The average molecular weight is 380 g/mol. The molecule has 1 heterocycles. The van der Waals surface area contributed by atoms with Crippen molar-refractivity contribution in [2.45, 2.75) is 25.7 Å². The van der Waals surface area contributed by atoms with Crippen LogP contribution >= 0.6 is 0 Å². The van der Waals surface area contributed by atoms with Gasteiger partial charge in [-0.15, -0.1) is 0 Å². The van der Waals surface area contributed by atoms with Gasteiger partial charge in [0.2, 0.25) is 5.91 Å². The monoisotopic (exact) mass is 380 g/mol. The molecule has 148 valence electrons. The molecule has 0 radical (unpaired) electrons.